The number of hydrogen-bond donors (Lipinski definition) is 2. The average molecular weight is 278 g/mol. The molecule has 2 aromatic carbocycles. The van der Waals surface area contributed by atoms with Crippen molar-refractivity contribution in [3.8, 4) is 5.75 Å². The number of nitrogens with zero attached hydrogens (tertiary/aromatic N) is 1. The van der Waals surface area contributed by atoms with Crippen molar-refractivity contribution in [2.24, 2.45) is 0 Å². The fourth-order valence-corrected chi connectivity index (χ4v) is 2.57. The first-order valence-corrected chi connectivity index (χ1v) is 7.04. The lowest BCUT2D eigenvalue weighted by Gasteiger charge is -2.18. The maximum Gasteiger partial charge on any atom is 0.120 e. The number of phenolic OH excluding ortho intramolecular Hbond substituents is 1. The molecule has 1 aromatic heterocycles. The van der Waals surface area contributed by atoms with Gasteiger partial charge < -0.3 is 10.4 Å². The fraction of sp³-hybridized carbons (Fsp3) is 0.167. The minimum absolute atomic E-state index is 0.00991. The van der Waals surface area contributed by atoms with Gasteiger partial charge in [0.05, 0.1) is 6.04 Å². The summed E-state index contributed by atoms with van der Waals surface area (Å²) in [7, 11) is 0. The molecule has 21 heavy (non-hydrogen) atoms. The summed E-state index contributed by atoms with van der Waals surface area (Å²) < 4.78 is 0. The second-order valence-corrected chi connectivity index (χ2v) is 5.33. The molecule has 0 bridgehead atoms. The highest BCUT2D eigenvalue weighted by Crippen LogP contribution is 2.30. The largest absolute Gasteiger partial charge is 0.508 e. The molecule has 2 N–H and O–H groups in total. The van der Waals surface area contributed by atoms with E-state index in [0.717, 1.165) is 27.6 Å². The molecule has 0 saturated heterocycles. The molecular weight excluding hydrogens is 260 g/mol. The summed E-state index contributed by atoms with van der Waals surface area (Å²) in [6.07, 6.45) is 3.66. The molecular formula is C18H18N2O. The van der Waals surface area contributed by atoms with Crippen LogP contribution in [-0.4, -0.2) is 10.1 Å². The Labute approximate surface area is 124 Å². The molecule has 1 heterocycles. The number of phenols is 1. The third kappa shape index (κ3) is 2.68. The van der Waals surface area contributed by atoms with Gasteiger partial charge in [-0.15, -0.1) is 0 Å². The van der Waals surface area contributed by atoms with Crippen LogP contribution in [0.5, 0.6) is 5.75 Å². The van der Waals surface area contributed by atoms with Crippen LogP contribution in [0.2, 0.25) is 0 Å². The molecule has 1 atom stereocenters. The number of fused-ring (bicyclic) bond motifs is 1. The number of rotatable bonds is 3. The van der Waals surface area contributed by atoms with Gasteiger partial charge in [0.25, 0.3) is 0 Å². The first kappa shape index (κ1) is 13.4. The summed E-state index contributed by atoms with van der Waals surface area (Å²) in [4.78, 5) is 4.20. The number of aromatic hydroxyl groups is 1. The Morgan fingerprint density at radius 1 is 1.14 bits per heavy atom. The van der Waals surface area contributed by atoms with Crippen LogP contribution in [0, 0.1) is 6.92 Å². The molecule has 3 heteroatoms. The van der Waals surface area contributed by atoms with Crippen molar-refractivity contribution >= 4 is 16.5 Å². The van der Waals surface area contributed by atoms with Crippen LogP contribution < -0.4 is 5.32 Å². The number of nitrogens with one attached hydrogen (secondary N) is 1. The number of hydrogen-bond acceptors (Lipinski definition) is 3. The van der Waals surface area contributed by atoms with Gasteiger partial charge in [0.15, 0.2) is 0 Å². The lowest BCUT2D eigenvalue weighted by atomic mass is 10.0. The Kier molecular flexibility index (Phi) is 3.48. The van der Waals surface area contributed by atoms with Crippen molar-refractivity contribution < 1.29 is 5.11 Å². The lowest BCUT2D eigenvalue weighted by molar-refractivity contribution is 0.465. The monoisotopic (exact) mass is 278 g/mol. The molecule has 106 valence electrons. The van der Waals surface area contributed by atoms with Gasteiger partial charge in [0, 0.05) is 29.0 Å². The Bertz CT molecular complexity index is 778. The molecule has 0 fully saturated rings. The van der Waals surface area contributed by atoms with E-state index in [4.69, 9.17) is 0 Å². The van der Waals surface area contributed by atoms with E-state index in [0.29, 0.717) is 5.75 Å². The van der Waals surface area contributed by atoms with Crippen LogP contribution in [-0.2, 0) is 0 Å². The molecule has 0 aliphatic carbocycles. The molecule has 0 aliphatic heterocycles. The summed E-state index contributed by atoms with van der Waals surface area (Å²) in [6.45, 7) is 4.07. The second kappa shape index (κ2) is 5.44. The van der Waals surface area contributed by atoms with Crippen molar-refractivity contribution in [2.75, 3.05) is 5.32 Å². The summed E-state index contributed by atoms with van der Waals surface area (Å²) in [5, 5.41) is 15.7. The molecule has 3 nitrogen and oxygen atoms in total. The van der Waals surface area contributed by atoms with E-state index >= 15 is 0 Å². The minimum Gasteiger partial charge on any atom is -0.508 e. The Morgan fingerprint density at radius 3 is 2.86 bits per heavy atom. The highest BCUT2D eigenvalue weighted by atomic mass is 16.3. The Morgan fingerprint density at radius 2 is 2.00 bits per heavy atom. The zero-order chi connectivity index (χ0) is 14.8. The molecule has 3 aromatic rings. The number of pyridine rings is 1. The van der Waals surface area contributed by atoms with E-state index in [-0.39, 0.29) is 6.04 Å². The van der Waals surface area contributed by atoms with Gasteiger partial charge in [-0.05, 0) is 37.4 Å². The van der Waals surface area contributed by atoms with E-state index in [2.05, 4.69) is 16.4 Å². The van der Waals surface area contributed by atoms with E-state index in [1.54, 1.807) is 12.3 Å². The van der Waals surface area contributed by atoms with Crippen LogP contribution in [0.1, 0.15) is 24.1 Å². The van der Waals surface area contributed by atoms with Crippen LogP contribution in [0.25, 0.3) is 10.8 Å². The molecule has 0 spiro atoms. The number of aromatic nitrogens is 1. The van der Waals surface area contributed by atoms with Crippen molar-refractivity contribution in [1.82, 2.24) is 4.98 Å². The average Bonchev–Trinajstić information content (AvgIpc) is 2.50. The van der Waals surface area contributed by atoms with Crippen molar-refractivity contribution in [2.45, 2.75) is 19.9 Å². The Balaban J connectivity index is 1.96. The predicted octanol–water partition coefficient (Wildman–Crippen LogP) is 4.42. The minimum atomic E-state index is 0.00991. The van der Waals surface area contributed by atoms with Crippen LogP contribution in [0.4, 0.5) is 5.69 Å². The summed E-state index contributed by atoms with van der Waals surface area (Å²) in [5.41, 5.74) is 3.06. The van der Waals surface area contributed by atoms with Gasteiger partial charge in [-0.2, -0.15) is 0 Å². The maximum absolute atomic E-state index is 10.0. The van der Waals surface area contributed by atoms with Gasteiger partial charge >= 0.3 is 0 Å². The third-order valence-electron chi connectivity index (χ3n) is 3.71. The van der Waals surface area contributed by atoms with Crippen LogP contribution in [0.3, 0.4) is 0 Å². The molecule has 0 saturated carbocycles. The van der Waals surface area contributed by atoms with Gasteiger partial charge in [0.2, 0.25) is 0 Å². The normalized spacial score (nSPS) is 12.3. The number of anilines is 1. The highest BCUT2D eigenvalue weighted by Gasteiger charge is 2.11. The molecule has 0 radical (unpaired) electrons. The first-order valence-electron chi connectivity index (χ1n) is 7.04. The topological polar surface area (TPSA) is 45.1 Å². The molecule has 1 unspecified atom stereocenters. The first-order chi connectivity index (χ1) is 10.1. The van der Waals surface area contributed by atoms with Crippen molar-refractivity contribution in [1.29, 1.82) is 0 Å². The molecule has 0 aliphatic rings. The Hall–Kier alpha value is -2.55. The standard InChI is InChI=1S/C18H18N2O/c1-12-6-7-18(21)15(10-12)13(2)20-17-5-3-4-14-8-9-19-11-16(14)17/h3-11,13,20-21H,1-2H3. The summed E-state index contributed by atoms with van der Waals surface area (Å²) in [6, 6.07) is 13.8. The van der Waals surface area contributed by atoms with E-state index in [1.165, 1.54) is 0 Å². The molecule has 0 amide bonds. The second-order valence-electron chi connectivity index (χ2n) is 5.33. The van der Waals surface area contributed by atoms with Crippen LogP contribution in [0.15, 0.2) is 54.9 Å². The van der Waals surface area contributed by atoms with E-state index < -0.39 is 0 Å². The zero-order valence-corrected chi connectivity index (χ0v) is 12.2. The van der Waals surface area contributed by atoms with E-state index in [9.17, 15) is 5.11 Å². The smallest absolute Gasteiger partial charge is 0.120 e. The van der Waals surface area contributed by atoms with Crippen LogP contribution >= 0.6 is 0 Å². The van der Waals surface area contributed by atoms with Crippen molar-refractivity contribution in [3.63, 3.8) is 0 Å². The lowest BCUT2D eigenvalue weighted by Crippen LogP contribution is -2.07. The quantitative estimate of drug-likeness (QED) is 0.745. The van der Waals surface area contributed by atoms with Gasteiger partial charge in [-0.25, -0.2) is 0 Å². The summed E-state index contributed by atoms with van der Waals surface area (Å²) in [5.74, 6) is 0.318. The van der Waals surface area contributed by atoms with Gasteiger partial charge in [0.1, 0.15) is 5.75 Å². The number of aryl methyl sites for hydroxylation is 1. The third-order valence-corrected chi connectivity index (χ3v) is 3.71. The zero-order valence-electron chi connectivity index (χ0n) is 12.2. The van der Waals surface area contributed by atoms with E-state index in [1.807, 2.05) is 50.4 Å². The maximum atomic E-state index is 10.0. The predicted molar refractivity (Wildman–Crippen MR) is 86.6 cm³/mol. The van der Waals surface area contributed by atoms with Crippen molar-refractivity contribution in [3.05, 3.63) is 66.0 Å². The fourth-order valence-electron chi connectivity index (χ4n) is 2.57. The SMILES string of the molecule is Cc1ccc(O)c(C(C)Nc2cccc3ccncc23)c1. The summed E-state index contributed by atoms with van der Waals surface area (Å²) >= 11 is 0. The van der Waals surface area contributed by atoms with Gasteiger partial charge in [-0.3, -0.25) is 4.98 Å². The highest BCUT2D eigenvalue weighted by molar-refractivity contribution is 5.93. The number of benzene rings is 2. The molecule has 3 rings (SSSR count). The van der Waals surface area contributed by atoms with Gasteiger partial charge in [-0.1, -0.05) is 29.8 Å².